The molecular weight excluding hydrogens is 460 g/mol. The van der Waals surface area contributed by atoms with Gasteiger partial charge in [0.1, 0.15) is 12.2 Å². The summed E-state index contributed by atoms with van der Waals surface area (Å²) in [6.07, 6.45) is 9.77. The summed E-state index contributed by atoms with van der Waals surface area (Å²) >= 11 is 3.57. The van der Waals surface area contributed by atoms with E-state index in [2.05, 4.69) is 15.9 Å². The van der Waals surface area contributed by atoms with Gasteiger partial charge in [-0.1, -0.05) is 72.3 Å². The van der Waals surface area contributed by atoms with Gasteiger partial charge < -0.3 is 14.6 Å². The smallest absolute Gasteiger partial charge is 0.338 e. The van der Waals surface area contributed by atoms with Gasteiger partial charge in [-0.2, -0.15) is 0 Å². The summed E-state index contributed by atoms with van der Waals surface area (Å²) in [5.41, 5.74) is 0.505. The Morgan fingerprint density at radius 3 is 2.71 bits per heavy atom. The van der Waals surface area contributed by atoms with Crippen LogP contribution < -0.4 is 0 Å². The van der Waals surface area contributed by atoms with E-state index in [0.29, 0.717) is 35.2 Å². The topological polar surface area (TPSA) is 72.8 Å². The van der Waals surface area contributed by atoms with E-state index in [0.717, 1.165) is 6.42 Å². The van der Waals surface area contributed by atoms with Gasteiger partial charge in [0.2, 0.25) is 0 Å². The lowest BCUT2D eigenvalue weighted by atomic mass is 9.85. The van der Waals surface area contributed by atoms with Crippen LogP contribution in [0.2, 0.25) is 0 Å². The zero-order valence-electron chi connectivity index (χ0n) is 17.8. The van der Waals surface area contributed by atoms with Crippen LogP contribution in [-0.2, 0) is 14.3 Å². The van der Waals surface area contributed by atoms with Crippen molar-refractivity contribution in [3.05, 3.63) is 46.5 Å². The quantitative estimate of drug-likeness (QED) is 0.534. The van der Waals surface area contributed by atoms with Gasteiger partial charge in [0.05, 0.1) is 18.1 Å². The van der Waals surface area contributed by atoms with Gasteiger partial charge in [0, 0.05) is 22.7 Å². The van der Waals surface area contributed by atoms with Crippen molar-refractivity contribution >= 4 is 27.9 Å². The van der Waals surface area contributed by atoms with Gasteiger partial charge >= 0.3 is 11.9 Å². The molecule has 1 heterocycles. The van der Waals surface area contributed by atoms with E-state index < -0.39 is 6.10 Å². The van der Waals surface area contributed by atoms with Gasteiger partial charge in [-0.25, -0.2) is 4.79 Å². The monoisotopic (exact) mass is 490 g/mol. The van der Waals surface area contributed by atoms with Crippen LogP contribution in [0.1, 0.15) is 68.1 Å². The van der Waals surface area contributed by atoms with Crippen molar-refractivity contribution in [1.82, 2.24) is 0 Å². The molecule has 2 saturated carbocycles. The van der Waals surface area contributed by atoms with Gasteiger partial charge in [0.25, 0.3) is 0 Å². The average molecular weight is 491 g/mol. The molecular formula is C25H31BrO5. The number of carbonyl (C=O) groups excluding carboxylic acids is 2. The molecule has 1 aliphatic heterocycles. The summed E-state index contributed by atoms with van der Waals surface area (Å²) in [6.45, 7) is 0. The fraction of sp³-hybridized carbons (Fsp3) is 0.600. The molecule has 3 fully saturated rings. The van der Waals surface area contributed by atoms with Crippen LogP contribution in [0.25, 0.3) is 0 Å². The van der Waals surface area contributed by atoms with Crippen LogP contribution in [0.15, 0.2) is 40.9 Å². The number of rotatable bonds is 7. The van der Waals surface area contributed by atoms with Crippen molar-refractivity contribution < 1.29 is 24.2 Å². The third-order valence-corrected chi connectivity index (χ3v) is 7.85. The van der Waals surface area contributed by atoms with E-state index in [4.69, 9.17) is 9.47 Å². The fourth-order valence-electron chi connectivity index (χ4n) is 5.34. The highest BCUT2D eigenvalue weighted by molar-refractivity contribution is 9.11. The molecule has 1 saturated heterocycles. The second kappa shape index (κ2) is 10.3. The number of aliphatic hydroxyl groups is 1. The molecule has 5 atom stereocenters. The molecule has 1 aromatic carbocycles. The molecule has 168 valence electrons. The lowest BCUT2D eigenvalue weighted by Crippen LogP contribution is -2.25. The minimum absolute atomic E-state index is 0.0285. The number of carbonyl (C=O) groups is 2. The number of benzene rings is 1. The number of esters is 2. The molecule has 0 aromatic heterocycles. The van der Waals surface area contributed by atoms with Crippen molar-refractivity contribution in [3.63, 3.8) is 0 Å². The maximum Gasteiger partial charge on any atom is 0.338 e. The SMILES string of the molecule is O=C1C[C@@H]2[C@@H](/C=C(\Br)[C@@H](O)CCC3CCCCC3)[C@H](OC(=O)c3ccccc3)C[C@@H]2O1. The summed E-state index contributed by atoms with van der Waals surface area (Å²) in [5.74, 6) is -0.0542. The largest absolute Gasteiger partial charge is 0.462 e. The van der Waals surface area contributed by atoms with Crippen LogP contribution in [0.5, 0.6) is 0 Å². The maximum absolute atomic E-state index is 12.6. The number of hydrogen-bond donors (Lipinski definition) is 1. The second-order valence-electron chi connectivity index (χ2n) is 9.17. The van der Waals surface area contributed by atoms with Gasteiger partial charge in [-0.3, -0.25) is 4.79 Å². The van der Waals surface area contributed by atoms with Gasteiger partial charge in [-0.15, -0.1) is 0 Å². The molecule has 0 radical (unpaired) electrons. The number of halogens is 1. The Morgan fingerprint density at radius 1 is 1.23 bits per heavy atom. The van der Waals surface area contributed by atoms with Crippen LogP contribution in [0, 0.1) is 17.8 Å². The summed E-state index contributed by atoms with van der Waals surface area (Å²) in [4.78, 5) is 24.5. The zero-order chi connectivity index (χ0) is 21.8. The van der Waals surface area contributed by atoms with Crippen molar-refractivity contribution in [2.75, 3.05) is 0 Å². The molecule has 0 amide bonds. The molecule has 2 aliphatic carbocycles. The molecule has 0 unspecified atom stereocenters. The first-order valence-corrected chi connectivity index (χ1v) is 12.3. The summed E-state index contributed by atoms with van der Waals surface area (Å²) in [6, 6.07) is 8.92. The highest BCUT2D eigenvalue weighted by Crippen LogP contribution is 2.45. The Labute approximate surface area is 192 Å². The maximum atomic E-state index is 12.6. The predicted octanol–water partition coefficient (Wildman–Crippen LogP) is 5.16. The predicted molar refractivity (Wildman–Crippen MR) is 121 cm³/mol. The minimum atomic E-state index is -0.579. The molecule has 1 aromatic rings. The molecule has 0 spiro atoms. The molecule has 5 nitrogen and oxygen atoms in total. The van der Waals surface area contributed by atoms with E-state index >= 15 is 0 Å². The Hall–Kier alpha value is -1.66. The Morgan fingerprint density at radius 2 is 1.97 bits per heavy atom. The average Bonchev–Trinajstić information content (AvgIpc) is 3.29. The normalized spacial score (nSPS) is 30.0. The third-order valence-electron chi connectivity index (χ3n) is 7.06. The summed E-state index contributed by atoms with van der Waals surface area (Å²) < 4.78 is 12.0. The first-order valence-electron chi connectivity index (χ1n) is 11.5. The number of aliphatic hydroxyl groups excluding tert-OH is 1. The van der Waals surface area contributed by atoms with E-state index in [1.165, 1.54) is 32.1 Å². The molecule has 0 bridgehead atoms. The zero-order valence-corrected chi connectivity index (χ0v) is 19.3. The van der Waals surface area contributed by atoms with E-state index in [9.17, 15) is 14.7 Å². The highest BCUT2D eigenvalue weighted by atomic mass is 79.9. The first kappa shape index (κ1) is 22.5. The van der Waals surface area contributed by atoms with Crippen LogP contribution in [0.3, 0.4) is 0 Å². The molecule has 31 heavy (non-hydrogen) atoms. The summed E-state index contributed by atoms with van der Waals surface area (Å²) in [7, 11) is 0. The number of hydrogen-bond acceptors (Lipinski definition) is 5. The number of ether oxygens (including phenoxy) is 2. The van der Waals surface area contributed by atoms with E-state index in [1.54, 1.807) is 24.3 Å². The Kier molecular flexibility index (Phi) is 7.49. The Balaban J connectivity index is 1.42. The second-order valence-corrected chi connectivity index (χ2v) is 10.1. The van der Waals surface area contributed by atoms with Crippen LogP contribution in [-0.4, -0.2) is 35.4 Å². The van der Waals surface area contributed by atoms with Crippen LogP contribution >= 0.6 is 15.9 Å². The lowest BCUT2D eigenvalue weighted by Gasteiger charge is -2.24. The molecule has 1 N–H and O–H groups in total. The van der Waals surface area contributed by atoms with Crippen molar-refractivity contribution in [3.8, 4) is 0 Å². The van der Waals surface area contributed by atoms with Crippen LogP contribution in [0.4, 0.5) is 0 Å². The lowest BCUT2D eigenvalue weighted by molar-refractivity contribution is -0.141. The van der Waals surface area contributed by atoms with Gasteiger partial charge in [-0.05, 0) is 30.9 Å². The van der Waals surface area contributed by atoms with Crippen molar-refractivity contribution in [1.29, 1.82) is 0 Å². The molecule has 3 aliphatic rings. The minimum Gasteiger partial charge on any atom is -0.462 e. The Bertz CT molecular complexity index is 801. The van der Waals surface area contributed by atoms with Crippen molar-refractivity contribution in [2.24, 2.45) is 17.8 Å². The van der Waals surface area contributed by atoms with E-state index in [-0.39, 0.29) is 36.0 Å². The summed E-state index contributed by atoms with van der Waals surface area (Å²) in [5, 5.41) is 10.7. The molecule has 6 heteroatoms. The van der Waals surface area contributed by atoms with E-state index in [1.807, 2.05) is 12.1 Å². The number of fused-ring (bicyclic) bond motifs is 1. The standard InChI is InChI=1S/C25H31BrO5/c26-20(21(27)12-11-16-7-3-1-4-8-16)13-18-19-14-24(28)30-22(19)15-23(18)31-25(29)17-9-5-2-6-10-17/h2,5-6,9-10,13,16,18-19,21-23,27H,1,3-4,7-8,11-12,14-15H2/b20-13-/t18-,19-,21+,22+,23-/m1/s1. The van der Waals surface area contributed by atoms with Crippen molar-refractivity contribution in [2.45, 2.75) is 76.1 Å². The third kappa shape index (κ3) is 5.58. The molecule has 4 rings (SSSR count). The van der Waals surface area contributed by atoms with Gasteiger partial charge in [0.15, 0.2) is 0 Å². The highest BCUT2D eigenvalue weighted by Gasteiger charge is 2.51. The first-order chi connectivity index (χ1) is 15.0. The fourth-order valence-corrected chi connectivity index (χ4v) is 5.87.